The van der Waals surface area contributed by atoms with Gasteiger partial charge in [0.25, 0.3) is 0 Å². The van der Waals surface area contributed by atoms with Gasteiger partial charge in [0.05, 0.1) is 12.7 Å². The summed E-state index contributed by atoms with van der Waals surface area (Å²) in [5.41, 5.74) is 7.69. The van der Waals surface area contributed by atoms with Crippen LogP contribution in [0.2, 0.25) is 5.28 Å². The number of hydrogen-bond acceptors (Lipinski definition) is 5. The van der Waals surface area contributed by atoms with Crippen LogP contribution in [0.4, 0.5) is 19.1 Å². The van der Waals surface area contributed by atoms with Crippen molar-refractivity contribution in [1.29, 1.82) is 0 Å². The average Bonchev–Trinajstić information content (AvgIpc) is 3.23. The number of halogens is 4. The number of hydrogen-bond donors (Lipinski definition) is 1. The van der Waals surface area contributed by atoms with Crippen molar-refractivity contribution in [3.05, 3.63) is 53.2 Å². The highest BCUT2D eigenvalue weighted by molar-refractivity contribution is 6.28. The molecule has 3 aromatic heterocycles. The van der Waals surface area contributed by atoms with Crippen molar-refractivity contribution in [3.63, 3.8) is 0 Å². The number of alkyl halides is 3. The molecule has 0 radical (unpaired) electrons. The van der Waals surface area contributed by atoms with Crippen molar-refractivity contribution < 1.29 is 13.2 Å². The largest absolute Gasteiger partial charge is 0.434 e. The highest BCUT2D eigenvalue weighted by Crippen LogP contribution is 2.38. The van der Waals surface area contributed by atoms with E-state index in [2.05, 4.69) is 19.9 Å². The zero-order valence-electron chi connectivity index (χ0n) is 16.1. The maximum absolute atomic E-state index is 13.2. The standard InChI is InChI=1S/C20H17ClF3N7/c21-18-26-8-14-17(29-18)31(19(25)27-14)9-11-4-6-12(7-5-11)16-28-15(20(22,23)24)10-30(16)13-2-1-3-13/h4-8,10,13H,1-3,9H2,(H2,25,27). The molecular formula is C20H17ClF3N7. The van der Waals surface area contributed by atoms with Gasteiger partial charge in [-0.05, 0) is 36.4 Å². The zero-order valence-corrected chi connectivity index (χ0v) is 16.9. The van der Waals surface area contributed by atoms with Gasteiger partial charge in [-0.15, -0.1) is 0 Å². The Morgan fingerprint density at radius 1 is 1.10 bits per heavy atom. The van der Waals surface area contributed by atoms with E-state index < -0.39 is 11.9 Å². The van der Waals surface area contributed by atoms with E-state index in [-0.39, 0.29) is 17.3 Å². The van der Waals surface area contributed by atoms with Gasteiger partial charge < -0.3 is 10.3 Å². The lowest BCUT2D eigenvalue weighted by Crippen LogP contribution is -2.17. The maximum atomic E-state index is 13.2. The summed E-state index contributed by atoms with van der Waals surface area (Å²) in [6.45, 7) is 0.376. The Balaban J connectivity index is 1.47. The van der Waals surface area contributed by atoms with Crippen LogP contribution in [-0.2, 0) is 12.7 Å². The third-order valence-electron chi connectivity index (χ3n) is 5.53. The fourth-order valence-electron chi connectivity index (χ4n) is 3.70. The van der Waals surface area contributed by atoms with Gasteiger partial charge in [-0.2, -0.15) is 18.2 Å². The van der Waals surface area contributed by atoms with Gasteiger partial charge in [0.2, 0.25) is 11.2 Å². The van der Waals surface area contributed by atoms with E-state index in [1.807, 2.05) is 12.1 Å². The fraction of sp³-hybridized carbons (Fsp3) is 0.300. The van der Waals surface area contributed by atoms with Crippen LogP contribution < -0.4 is 5.73 Å². The summed E-state index contributed by atoms with van der Waals surface area (Å²) in [6.07, 6.45) is 0.865. The van der Waals surface area contributed by atoms with Crippen molar-refractivity contribution in [2.24, 2.45) is 0 Å². The first kappa shape index (κ1) is 19.8. The normalized spacial score (nSPS) is 14.8. The molecule has 4 aromatic rings. The number of nitrogens with two attached hydrogens (primary N) is 1. The lowest BCUT2D eigenvalue weighted by Gasteiger charge is -2.28. The Kier molecular flexibility index (Phi) is 4.62. The van der Waals surface area contributed by atoms with Gasteiger partial charge in [0.15, 0.2) is 11.3 Å². The van der Waals surface area contributed by atoms with Crippen molar-refractivity contribution in [3.8, 4) is 11.4 Å². The van der Waals surface area contributed by atoms with Gasteiger partial charge in [-0.3, -0.25) is 4.57 Å². The molecule has 1 fully saturated rings. The summed E-state index contributed by atoms with van der Waals surface area (Å²) in [5.74, 6) is 0.599. The minimum Gasteiger partial charge on any atom is -0.369 e. The smallest absolute Gasteiger partial charge is 0.369 e. The molecule has 2 N–H and O–H groups in total. The molecule has 7 nitrogen and oxygen atoms in total. The first-order chi connectivity index (χ1) is 14.8. The molecule has 0 saturated heterocycles. The van der Waals surface area contributed by atoms with Gasteiger partial charge in [0, 0.05) is 17.8 Å². The summed E-state index contributed by atoms with van der Waals surface area (Å²) < 4.78 is 43.1. The predicted molar refractivity (Wildman–Crippen MR) is 109 cm³/mol. The van der Waals surface area contributed by atoms with E-state index in [0.29, 0.717) is 29.1 Å². The highest BCUT2D eigenvalue weighted by Gasteiger charge is 2.36. The van der Waals surface area contributed by atoms with Crippen LogP contribution in [0.5, 0.6) is 0 Å². The van der Waals surface area contributed by atoms with Crippen LogP contribution in [0.25, 0.3) is 22.6 Å². The third kappa shape index (κ3) is 3.60. The summed E-state index contributed by atoms with van der Waals surface area (Å²) in [7, 11) is 0. The molecular weight excluding hydrogens is 431 g/mol. The minimum absolute atomic E-state index is 0.0554. The molecule has 0 bridgehead atoms. The first-order valence-electron chi connectivity index (χ1n) is 9.69. The number of nitrogens with zero attached hydrogens (tertiary/aromatic N) is 6. The molecule has 1 aliphatic carbocycles. The molecule has 31 heavy (non-hydrogen) atoms. The molecule has 0 aliphatic heterocycles. The van der Waals surface area contributed by atoms with E-state index in [0.717, 1.165) is 31.0 Å². The second kappa shape index (κ2) is 7.23. The Labute approximate surface area is 179 Å². The number of benzene rings is 1. The molecule has 1 aliphatic rings. The molecule has 0 unspecified atom stereocenters. The maximum Gasteiger partial charge on any atom is 0.434 e. The van der Waals surface area contributed by atoms with Gasteiger partial charge in [-0.1, -0.05) is 24.3 Å². The number of anilines is 1. The number of fused-ring (bicyclic) bond motifs is 1. The molecule has 160 valence electrons. The van der Waals surface area contributed by atoms with Crippen LogP contribution in [0.3, 0.4) is 0 Å². The summed E-state index contributed by atoms with van der Waals surface area (Å²) in [4.78, 5) is 16.2. The third-order valence-corrected chi connectivity index (χ3v) is 5.71. The van der Waals surface area contributed by atoms with E-state index >= 15 is 0 Å². The van der Waals surface area contributed by atoms with E-state index in [4.69, 9.17) is 17.3 Å². The quantitative estimate of drug-likeness (QED) is 0.457. The van der Waals surface area contributed by atoms with Crippen molar-refractivity contribution in [2.45, 2.75) is 38.0 Å². The molecule has 5 rings (SSSR count). The number of imidazole rings is 2. The molecule has 3 heterocycles. The molecule has 0 atom stereocenters. The van der Waals surface area contributed by atoms with Gasteiger partial charge in [-0.25, -0.2) is 15.0 Å². The lowest BCUT2D eigenvalue weighted by atomic mass is 9.92. The Hall–Kier alpha value is -3.14. The molecule has 0 amide bonds. The molecule has 1 aromatic carbocycles. The molecule has 0 spiro atoms. The van der Waals surface area contributed by atoms with Crippen LogP contribution in [0.1, 0.15) is 36.6 Å². The number of aromatic nitrogens is 6. The van der Waals surface area contributed by atoms with Crippen LogP contribution >= 0.6 is 11.6 Å². The highest BCUT2D eigenvalue weighted by atomic mass is 35.5. The Morgan fingerprint density at radius 3 is 2.48 bits per heavy atom. The lowest BCUT2D eigenvalue weighted by molar-refractivity contribution is -0.140. The van der Waals surface area contributed by atoms with Crippen LogP contribution in [0.15, 0.2) is 36.7 Å². The van der Waals surface area contributed by atoms with E-state index in [1.165, 1.54) is 6.20 Å². The van der Waals surface area contributed by atoms with E-state index in [9.17, 15) is 13.2 Å². The zero-order chi connectivity index (χ0) is 21.8. The summed E-state index contributed by atoms with van der Waals surface area (Å²) in [5, 5.41) is 0.0901. The summed E-state index contributed by atoms with van der Waals surface area (Å²) >= 11 is 5.89. The summed E-state index contributed by atoms with van der Waals surface area (Å²) in [6, 6.07) is 7.25. The predicted octanol–water partition coefficient (Wildman–Crippen LogP) is 4.72. The molecule has 1 saturated carbocycles. The van der Waals surface area contributed by atoms with Gasteiger partial charge in [0.1, 0.15) is 11.3 Å². The average molecular weight is 448 g/mol. The van der Waals surface area contributed by atoms with Crippen molar-refractivity contribution >= 4 is 28.7 Å². The monoisotopic (exact) mass is 447 g/mol. The van der Waals surface area contributed by atoms with Crippen molar-refractivity contribution in [2.75, 3.05) is 5.73 Å². The second-order valence-corrected chi connectivity index (χ2v) is 7.88. The van der Waals surface area contributed by atoms with Gasteiger partial charge >= 0.3 is 6.18 Å². The number of rotatable bonds is 4. The second-order valence-electron chi connectivity index (χ2n) is 7.54. The SMILES string of the molecule is Nc1nc2cnc(Cl)nc2n1Cc1ccc(-c2nc(C(F)(F)F)cn2C2CCC2)cc1. The fourth-order valence-corrected chi connectivity index (χ4v) is 3.83. The molecule has 11 heteroatoms. The number of nitrogen functional groups attached to an aromatic ring is 1. The first-order valence-corrected chi connectivity index (χ1v) is 10.1. The van der Waals surface area contributed by atoms with Crippen LogP contribution in [-0.4, -0.2) is 29.1 Å². The Bertz CT molecular complexity index is 1260. The van der Waals surface area contributed by atoms with Crippen molar-refractivity contribution in [1.82, 2.24) is 29.1 Å². The van der Waals surface area contributed by atoms with Crippen LogP contribution in [0, 0.1) is 0 Å². The topological polar surface area (TPSA) is 87.4 Å². The minimum atomic E-state index is -4.48. The Morgan fingerprint density at radius 2 is 1.84 bits per heavy atom. The van der Waals surface area contributed by atoms with E-state index in [1.54, 1.807) is 21.3 Å².